The van der Waals surface area contributed by atoms with Crippen LogP contribution in [0.3, 0.4) is 0 Å². The molecule has 2 nitrogen and oxygen atoms in total. The third-order valence-corrected chi connectivity index (χ3v) is 3.85. The molecule has 0 N–H and O–H groups in total. The molecule has 1 fully saturated rings. The predicted octanol–water partition coefficient (Wildman–Crippen LogP) is 3.26. The van der Waals surface area contributed by atoms with Gasteiger partial charge in [-0.25, -0.2) is 6.57 Å². The highest BCUT2D eigenvalue weighted by Gasteiger charge is 2.35. The second-order valence-electron chi connectivity index (χ2n) is 2.94. The Kier molecular flexibility index (Phi) is 2.68. The highest BCUT2D eigenvalue weighted by Crippen LogP contribution is 2.36. The first-order valence-corrected chi connectivity index (χ1v) is 5.70. The predicted molar refractivity (Wildman–Crippen MR) is 55.7 cm³/mol. The van der Waals surface area contributed by atoms with Crippen molar-refractivity contribution in [3.63, 3.8) is 0 Å². The molecule has 2 rings (SSSR count). The number of rotatable bonds is 1. The molecule has 2 heterocycles. The van der Waals surface area contributed by atoms with Crippen LogP contribution < -0.4 is 0 Å². The number of thiophene rings is 1. The number of ether oxygens (including phenoxy) is 1. The monoisotopic (exact) mass is 257 g/mol. The summed E-state index contributed by atoms with van der Waals surface area (Å²) in [6.45, 7) is 7.74. The molecule has 1 saturated heterocycles. The van der Waals surface area contributed by atoms with Gasteiger partial charge in [-0.2, -0.15) is 0 Å². The zero-order valence-corrected chi connectivity index (χ0v) is 9.27. The lowest BCUT2D eigenvalue weighted by atomic mass is 10.1. The van der Waals surface area contributed by atoms with E-state index >= 15 is 0 Å². The lowest BCUT2D eigenvalue weighted by Crippen LogP contribution is -2.06. The SMILES string of the molecule is [C-]#[N+]C1CCOC1c1cc(Br)cs1. The molecule has 2 atom stereocenters. The summed E-state index contributed by atoms with van der Waals surface area (Å²) in [5, 5.41) is 2.03. The summed E-state index contributed by atoms with van der Waals surface area (Å²) in [5.41, 5.74) is 0. The van der Waals surface area contributed by atoms with Crippen molar-refractivity contribution in [2.24, 2.45) is 0 Å². The lowest BCUT2D eigenvalue weighted by Gasteiger charge is -2.06. The van der Waals surface area contributed by atoms with Crippen molar-refractivity contribution in [1.82, 2.24) is 0 Å². The van der Waals surface area contributed by atoms with Gasteiger partial charge in [0, 0.05) is 21.2 Å². The summed E-state index contributed by atoms with van der Waals surface area (Å²) < 4.78 is 6.61. The zero-order valence-electron chi connectivity index (χ0n) is 6.87. The highest BCUT2D eigenvalue weighted by atomic mass is 79.9. The van der Waals surface area contributed by atoms with Crippen molar-refractivity contribution < 1.29 is 4.74 Å². The van der Waals surface area contributed by atoms with Crippen molar-refractivity contribution in [3.8, 4) is 0 Å². The Labute approximate surface area is 89.5 Å². The summed E-state index contributed by atoms with van der Waals surface area (Å²) in [6.07, 6.45) is 0.873. The molecule has 1 aromatic heterocycles. The van der Waals surface area contributed by atoms with Gasteiger partial charge in [0.1, 0.15) is 0 Å². The Morgan fingerprint density at radius 1 is 1.69 bits per heavy atom. The van der Waals surface area contributed by atoms with Crippen LogP contribution in [0.5, 0.6) is 0 Å². The molecular weight excluding hydrogens is 250 g/mol. The van der Waals surface area contributed by atoms with E-state index in [1.807, 2.05) is 11.4 Å². The van der Waals surface area contributed by atoms with Crippen LogP contribution in [-0.2, 0) is 4.74 Å². The first kappa shape index (κ1) is 9.20. The van der Waals surface area contributed by atoms with E-state index in [4.69, 9.17) is 11.3 Å². The van der Waals surface area contributed by atoms with E-state index in [0.717, 1.165) is 15.8 Å². The lowest BCUT2D eigenvalue weighted by molar-refractivity contribution is 0.112. The van der Waals surface area contributed by atoms with Crippen LogP contribution in [0.15, 0.2) is 15.9 Å². The molecule has 68 valence electrons. The van der Waals surface area contributed by atoms with Gasteiger partial charge in [0.15, 0.2) is 6.10 Å². The molecule has 0 radical (unpaired) electrons. The van der Waals surface area contributed by atoms with Crippen LogP contribution in [0.1, 0.15) is 17.4 Å². The fourth-order valence-electron chi connectivity index (χ4n) is 1.46. The average Bonchev–Trinajstić information content (AvgIpc) is 2.71. The van der Waals surface area contributed by atoms with Gasteiger partial charge in [-0.3, -0.25) is 0 Å². The van der Waals surface area contributed by atoms with Crippen molar-refractivity contribution in [3.05, 3.63) is 32.2 Å². The minimum absolute atomic E-state index is 0.00815. The maximum absolute atomic E-state index is 7.02. The second kappa shape index (κ2) is 3.79. The average molecular weight is 258 g/mol. The topological polar surface area (TPSA) is 13.6 Å². The van der Waals surface area contributed by atoms with Gasteiger partial charge < -0.3 is 9.58 Å². The van der Waals surface area contributed by atoms with E-state index < -0.39 is 0 Å². The molecule has 1 aromatic rings. The van der Waals surface area contributed by atoms with Gasteiger partial charge in [-0.05, 0) is 22.0 Å². The zero-order chi connectivity index (χ0) is 9.26. The molecule has 0 saturated carbocycles. The number of hydrogen-bond donors (Lipinski definition) is 0. The summed E-state index contributed by atoms with van der Waals surface area (Å²) in [4.78, 5) is 4.73. The van der Waals surface area contributed by atoms with E-state index in [0.29, 0.717) is 6.61 Å². The third-order valence-electron chi connectivity index (χ3n) is 2.09. The molecule has 0 aliphatic carbocycles. The Bertz CT molecular complexity index is 344. The highest BCUT2D eigenvalue weighted by molar-refractivity contribution is 9.10. The van der Waals surface area contributed by atoms with Crippen molar-refractivity contribution in [1.29, 1.82) is 0 Å². The number of nitrogens with zero attached hydrogens (tertiary/aromatic N) is 1. The molecule has 0 amide bonds. The van der Waals surface area contributed by atoms with Gasteiger partial charge in [0.05, 0.1) is 6.61 Å². The van der Waals surface area contributed by atoms with Crippen LogP contribution in [-0.4, -0.2) is 12.6 Å². The molecule has 4 heteroatoms. The summed E-state index contributed by atoms with van der Waals surface area (Å²) in [7, 11) is 0. The Morgan fingerprint density at radius 3 is 3.15 bits per heavy atom. The first-order chi connectivity index (χ1) is 6.31. The molecule has 1 aliphatic heterocycles. The van der Waals surface area contributed by atoms with E-state index in [-0.39, 0.29) is 12.1 Å². The smallest absolute Gasteiger partial charge is 0.256 e. The van der Waals surface area contributed by atoms with Crippen LogP contribution in [0.25, 0.3) is 4.85 Å². The number of halogens is 1. The molecule has 0 aromatic carbocycles. The standard InChI is InChI=1S/C9H8BrNOS/c1-11-7-2-3-12-9(7)8-4-6(10)5-13-8/h4-5,7,9H,2-3H2. The van der Waals surface area contributed by atoms with Crippen LogP contribution >= 0.6 is 27.3 Å². The molecule has 13 heavy (non-hydrogen) atoms. The van der Waals surface area contributed by atoms with E-state index in [9.17, 15) is 0 Å². The quantitative estimate of drug-likeness (QED) is 0.705. The maximum Gasteiger partial charge on any atom is 0.256 e. The number of hydrogen-bond acceptors (Lipinski definition) is 2. The first-order valence-electron chi connectivity index (χ1n) is 4.03. The fourth-order valence-corrected chi connectivity index (χ4v) is 3.01. The Morgan fingerprint density at radius 2 is 2.54 bits per heavy atom. The van der Waals surface area contributed by atoms with Crippen LogP contribution in [0.2, 0.25) is 0 Å². The van der Waals surface area contributed by atoms with Crippen molar-refractivity contribution in [2.45, 2.75) is 18.6 Å². The molecule has 2 unspecified atom stereocenters. The van der Waals surface area contributed by atoms with Crippen LogP contribution in [0, 0.1) is 6.57 Å². The summed E-state index contributed by atoms with van der Waals surface area (Å²) >= 11 is 5.05. The van der Waals surface area contributed by atoms with E-state index in [1.165, 1.54) is 0 Å². The minimum Gasteiger partial charge on any atom is -0.364 e. The van der Waals surface area contributed by atoms with Gasteiger partial charge in [-0.15, -0.1) is 11.3 Å². The fraction of sp³-hybridized carbons (Fsp3) is 0.444. The molecule has 0 spiro atoms. The second-order valence-corrected chi connectivity index (χ2v) is 4.80. The van der Waals surface area contributed by atoms with Gasteiger partial charge in [-0.1, -0.05) is 0 Å². The Hall–Kier alpha value is -0.370. The van der Waals surface area contributed by atoms with Crippen molar-refractivity contribution >= 4 is 27.3 Å². The summed E-state index contributed by atoms with van der Waals surface area (Å²) in [6, 6.07) is 2.06. The van der Waals surface area contributed by atoms with E-state index in [2.05, 4.69) is 20.8 Å². The molecular formula is C9H8BrNOS. The Balaban J connectivity index is 2.21. The van der Waals surface area contributed by atoms with Crippen LogP contribution in [0.4, 0.5) is 0 Å². The molecule has 0 bridgehead atoms. The third kappa shape index (κ3) is 1.78. The van der Waals surface area contributed by atoms with E-state index in [1.54, 1.807) is 11.3 Å². The normalized spacial score (nSPS) is 27.4. The maximum atomic E-state index is 7.02. The molecule has 1 aliphatic rings. The largest absolute Gasteiger partial charge is 0.364 e. The summed E-state index contributed by atoms with van der Waals surface area (Å²) in [5.74, 6) is 0. The van der Waals surface area contributed by atoms with Gasteiger partial charge >= 0.3 is 0 Å². The van der Waals surface area contributed by atoms with Crippen molar-refractivity contribution in [2.75, 3.05) is 6.61 Å². The van der Waals surface area contributed by atoms with Gasteiger partial charge in [0.2, 0.25) is 0 Å². The minimum atomic E-state index is 0.00815. The van der Waals surface area contributed by atoms with Gasteiger partial charge in [0.25, 0.3) is 6.04 Å².